The summed E-state index contributed by atoms with van der Waals surface area (Å²) in [7, 11) is 4.62. The molecule has 0 unspecified atom stereocenters. The number of nitrogens with two attached hydrogens (primary N) is 1. The third kappa shape index (κ3) is 4.25. The minimum absolute atomic E-state index is 0.00550. The second-order valence-electron chi connectivity index (χ2n) is 7.58. The highest BCUT2D eigenvalue weighted by molar-refractivity contribution is 5.82. The van der Waals surface area contributed by atoms with Gasteiger partial charge in [-0.15, -0.1) is 0 Å². The Morgan fingerprint density at radius 3 is 2.35 bits per heavy atom. The number of hydrogen-bond donors (Lipinski definition) is 4. The van der Waals surface area contributed by atoms with Crippen LogP contribution in [-0.4, -0.2) is 87.7 Å². The molecule has 34 heavy (non-hydrogen) atoms. The van der Waals surface area contributed by atoms with E-state index in [1.54, 1.807) is 14.2 Å². The Morgan fingerprint density at radius 1 is 1.06 bits per heavy atom. The minimum Gasteiger partial charge on any atom is -0.493 e. The predicted octanol–water partition coefficient (Wildman–Crippen LogP) is -0.333. The Hall–Kier alpha value is -3.39. The first kappa shape index (κ1) is 23.8. The van der Waals surface area contributed by atoms with Crippen molar-refractivity contribution in [3.8, 4) is 23.3 Å². The molecule has 1 aromatic carbocycles. The molecule has 0 spiro atoms. The number of imidazole rings is 1. The van der Waals surface area contributed by atoms with Crippen molar-refractivity contribution in [3.05, 3.63) is 24.0 Å². The van der Waals surface area contributed by atoms with Crippen LogP contribution >= 0.6 is 0 Å². The molecule has 0 bridgehead atoms. The van der Waals surface area contributed by atoms with Gasteiger partial charge in [0.1, 0.15) is 18.3 Å². The fourth-order valence-electron chi connectivity index (χ4n) is 3.82. The molecule has 3 heterocycles. The van der Waals surface area contributed by atoms with Crippen LogP contribution in [-0.2, 0) is 11.2 Å². The molecule has 0 radical (unpaired) electrons. The molecule has 1 fully saturated rings. The first-order chi connectivity index (χ1) is 16.4. The number of aliphatic hydroxyl groups is 3. The van der Waals surface area contributed by atoms with Gasteiger partial charge >= 0.3 is 6.01 Å². The third-order valence-corrected chi connectivity index (χ3v) is 5.57. The second-order valence-corrected chi connectivity index (χ2v) is 7.58. The van der Waals surface area contributed by atoms with Crippen molar-refractivity contribution in [2.75, 3.05) is 40.3 Å². The van der Waals surface area contributed by atoms with E-state index in [9.17, 15) is 15.3 Å². The zero-order chi connectivity index (χ0) is 24.4. The lowest BCUT2D eigenvalue weighted by Crippen LogP contribution is -2.33. The summed E-state index contributed by atoms with van der Waals surface area (Å²) in [5.74, 6) is 1.63. The van der Waals surface area contributed by atoms with E-state index in [0.717, 1.165) is 5.56 Å². The SMILES string of the molecule is COc1cc(CCOc2nc(N)c3ncn([C@@H]4O[C@H](CO)[C@@H](O)[C@H]4O)c3n2)cc(OC)c1OC. The third-order valence-electron chi connectivity index (χ3n) is 5.57. The molecule has 13 nitrogen and oxygen atoms in total. The van der Waals surface area contributed by atoms with Gasteiger partial charge in [-0.05, 0) is 17.7 Å². The number of methoxy groups -OCH3 is 3. The van der Waals surface area contributed by atoms with E-state index in [0.29, 0.717) is 23.7 Å². The van der Waals surface area contributed by atoms with Crippen molar-refractivity contribution in [1.29, 1.82) is 0 Å². The van der Waals surface area contributed by atoms with Crippen molar-refractivity contribution in [1.82, 2.24) is 19.5 Å². The molecule has 13 heteroatoms. The largest absolute Gasteiger partial charge is 0.493 e. The molecule has 4 atom stereocenters. The first-order valence-electron chi connectivity index (χ1n) is 10.5. The van der Waals surface area contributed by atoms with E-state index in [2.05, 4.69) is 15.0 Å². The van der Waals surface area contributed by atoms with Crippen LogP contribution in [0.1, 0.15) is 11.8 Å². The maximum absolute atomic E-state index is 10.3. The molecule has 3 aromatic rings. The Labute approximate surface area is 194 Å². The summed E-state index contributed by atoms with van der Waals surface area (Å²) in [6.07, 6.45) is -2.66. The summed E-state index contributed by atoms with van der Waals surface area (Å²) in [6.45, 7) is -0.237. The first-order valence-corrected chi connectivity index (χ1v) is 10.5. The fraction of sp³-hybridized carbons (Fsp3) is 0.476. The van der Waals surface area contributed by atoms with Gasteiger partial charge in [-0.25, -0.2) is 4.98 Å². The molecule has 0 aliphatic carbocycles. The van der Waals surface area contributed by atoms with E-state index < -0.39 is 31.1 Å². The number of anilines is 1. The molecule has 5 N–H and O–H groups in total. The molecule has 4 rings (SSSR count). The lowest BCUT2D eigenvalue weighted by molar-refractivity contribution is -0.0511. The fourth-order valence-corrected chi connectivity index (χ4v) is 3.82. The Kier molecular flexibility index (Phi) is 6.88. The van der Waals surface area contributed by atoms with Crippen LogP contribution in [0.5, 0.6) is 23.3 Å². The van der Waals surface area contributed by atoms with E-state index in [4.69, 9.17) is 29.4 Å². The van der Waals surface area contributed by atoms with Gasteiger partial charge in [0, 0.05) is 6.42 Å². The van der Waals surface area contributed by atoms with E-state index in [1.165, 1.54) is 18.0 Å². The molecule has 2 aromatic heterocycles. The number of hydrogen-bond acceptors (Lipinski definition) is 12. The quantitative estimate of drug-likeness (QED) is 0.316. The van der Waals surface area contributed by atoms with Gasteiger partial charge in [0.2, 0.25) is 5.75 Å². The Bertz CT molecular complexity index is 1130. The van der Waals surface area contributed by atoms with E-state index in [-0.39, 0.29) is 29.6 Å². The lowest BCUT2D eigenvalue weighted by atomic mass is 10.1. The molecule has 1 aliphatic rings. The van der Waals surface area contributed by atoms with Crippen LogP contribution in [0.2, 0.25) is 0 Å². The van der Waals surface area contributed by atoms with Crippen LogP contribution in [0.3, 0.4) is 0 Å². The molecular weight excluding hydrogens is 450 g/mol. The molecule has 0 amide bonds. The summed E-state index contributed by atoms with van der Waals surface area (Å²) in [6, 6.07) is 3.64. The molecule has 1 saturated heterocycles. The molecule has 184 valence electrons. The average molecular weight is 477 g/mol. The van der Waals surface area contributed by atoms with Crippen molar-refractivity contribution in [2.24, 2.45) is 0 Å². The maximum atomic E-state index is 10.3. The van der Waals surface area contributed by atoms with E-state index in [1.807, 2.05) is 12.1 Å². The molecule has 0 saturated carbocycles. The van der Waals surface area contributed by atoms with Crippen LogP contribution in [0.15, 0.2) is 18.5 Å². The predicted molar refractivity (Wildman–Crippen MR) is 118 cm³/mol. The van der Waals surface area contributed by atoms with Gasteiger partial charge in [-0.1, -0.05) is 0 Å². The van der Waals surface area contributed by atoms with Crippen LogP contribution in [0, 0.1) is 0 Å². The number of nitrogen functional groups attached to an aromatic ring is 1. The number of benzene rings is 1. The number of rotatable bonds is 9. The van der Waals surface area contributed by atoms with Crippen molar-refractivity contribution >= 4 is 17.0 Å². The average Bonchev–Trinajstić information content (AvgIpc) is 3.39. The summed E-state index contributed by atoms with van der Waals surface area (Å²) < 4.78 is 28.8. The zero-order valence-electron chi connectivity index (χ0n) is 18.9. The number of fused-ring (bicyclic) bond motifs is 1. The molecular formula is C21H27N5O8. The van der Waals surface area contributed by atoms with Gasteiger partial charge < -0.3 is 44.7 Å². The van der Waals surface area contributed by atoms with Gasteiger partial charge in [0.15, 0.2) is 34.7 Å². The minimum atomic E-state index is -1.30. The summed E-state index contributed by atoms with van der Waals surface area (Å²) in [5, 5.41) is 29.8. The number of nitrogens with zero attached hydrogens (tertiary/aromatic N) is 4. The standard InChI is InChI=1S/C21H27N5O8/c1-30-11-6-10(7-12(31-2)17(11)32-3)4-5-33-21-24-18(22)14-19(25-21)26(9-23-14)20-16(29)15(28)13(8-27)34-20/h6-7,9,13,15-16,20,27-29H,4-5,8H2,1-3H3,(H2,22,24,25)/t13-,15-,16-,20-/m1/s1. The van der Waals surface area contributed by atoms with Gasteiger partial charge in [0.05, 0.1) is 40.9 Å². The second kappa shape index (κ2) is 9.85. The summed E-state index contributed by atoms with van der Waals surface area (Å²) >= 11 is 0. The monoisotopic (exact) mass is 477 g/mol. The number of aromatic nitrogens is 4. The zero-order valence-corrected chi connectivity index (χ0v) is 18.9. The lowest BCUT2D eigenvalue weighted by Gasteiger charge is -2.16. The Morgan fingerprint density at radius 2 is 1.76 bits per heavy atom. The Balaban J connectivity index is 1.53. The normalized spacial score (nSPS) is 22.2. The smallest absolute Gasteiger partial charge is 0.320 e. The highest BCUT2D eigenvalue weighted by Crippen LogP contribution is 2.38. The van der Waals surface area contributed by atoms with Gasteiger partial charge in [-0.2, -0.15) is 9.97 Å². The van der Waals surface area contributed by atoms with Crippen LogP contribution < -0.4 is 24.7 Å². The maximum Gasteiger partial charge on any atom is 0.320 e. The number of aliphatic hydroxyl groups excluding tert-OH is 3. The number of ether oxygens (including phenoxy) is 5. The topological polar surface area (TPSA) is 176 Å². The van der Waals surface area contributed by atoms with Crippen molar-refractivity contribution in [3.63, 3.8) is 0 Å². The van der Waals surface area contributed by atoms with Crippen LogP contribution in [0.25, 0.3) is 11.2 Å². The molecule has 1 aliphatic heterocycles. The van der Waals surface area contributed by atoms with E-state index >= 15 is 0 Å². The van der Waals surface area contributed by atoms with Gasteiger partial charge in [-0.3, -0.25) is 4.57 Å². The van der Waals surface area contributed by atoms with Crippen LogP contribution in [0.4, 0.5) is 5.82 Å². The summed E-state index contributed by atoms with van der Waals surface area (Å²) in [4.78, 5) is 12.7. The van der Waals surface area contributed by atoms with Crippen molar-refractivity contribution in [2.45, 2.75) is 31.0 Å². The summed E-state index contributed by atoms with van der Waals surface area (Å²) in [5.41, 5.74) is 7.45. The highest BCUT2D eigenvalue weighted by atomic mass is 16.6. The van der Waals surface area contributed by atoms with Crippen molar-refractivity contribution < 1.29 is 39.0 Å². The highest BCUT2D eigenvalue weighted by Gasteiger charge is 2.44. The van der Waals surface area contributed by atoms with Gasteiger partial charge in [0.25, 0.3) is 0 Å².